The van der Waals surface area contributed by atoms with Crippen molar-refractivity contribution in [1.82, 2.24) is 0 Å². The van der Waals surface area contributed by atoms with E-state index < -0.39 is 17.9 Å². The largest absolute Gasteiger partial charge is 0.465 e. The van der Waals surface area contributed by atoms with Crippen LogP contribution in [0.3, 0.4) is 0 Å². The van der Waals surface area contributed by atoms with Crippen LogP contribution in [-0.2, 0) is 28.5 Å². The fraction of sp³-hybridized carbons (Fsp3) is 0.875. The van der Waals surface area contributed by atoms with Crippen LogP contribution in [0.4, 0.5) is 0 Å². The second-order valence-corrected chi connectivity index (χ2v) is 5.24. The smallest absolute Gasteiger partial charge is 0.322 e. The maximum atomic E-state index is 11.8. The van der Waals surface area contributed by atoms with Crippen LogP contribution in [0.25, 0.3) is 0 Å². The Bertz CT molecular complexity index is 318. The molecular formula is C16H28O6. The number of rotatable bonds is 9. The average molecular weight is 316 g/mol. The normalized spacial score (nSPS) is 21.6. The topological polar surface area (TPSA) is 71.1 Å². The molecule has 1 aliphatic rings. The highest BCUT2D eigenvalue weighted by molar-refractivity contribution is 5.95. The number of hydrogen-bond donors (Lipinski definition) is 0. The average Bonchev–Trinajstić information content (AvgIpc) is 2.50. The zero-order chi connectivity index (χ0) is 16.4. The third kappa shape index (κ3) is 6.32. The van der Waals surface area contributed by atoms with Crippen LogP contribution in [-0.4, -0.2) is 50.6 Å². The fourth-order valence-corrected chi connectivity index (χ4v) is 2.55. The number of carbonyl (C=O) groups excluding carboxylic acids is 2. The Hall–Kier alpha value is -1.14. The summed E-state index contributed by atoms with van der Waals surface area (Å²) in [5.41, 5.74) is 0. The van der Waals surface area contributed by atoms with Gasteiger partial charge in [-0.3, -0.25) is 9.59 Å². The van der Waals surface area contributed by atoms with Crippen molar-refractivity contribution in [3.05, 3.63) is 0 Å². The van der Waals surface area contributed by atoms with E-state index in [1.807, 2.05) is 6.92 Å². The van der Waals surface area contributed by atoms with Gasteiger partial charge >= 0.3 is 11.9 Å². The van der Waals surface area contributed by atoms with Gasteiger partial charge in [-0.25, -0.2) is 0 Å². The molecular weight excluding hydrogens is 288 g/mol. The zero-order valence-corrected chi connectivity index (χ0v) is 13.8. The molecule has 1 fully saturated rings. The fourth-order valence-electron chi connectivity index (χ4n) is 2.55. The molecule has 0 aromatic carbocycles. The molecule has 128 valence electrons. The molecule has 0 aromatic rings. The van der Waals surface area contributed by atoms with Crippen LogP contribution in [0, 0.1) is 5.92 Å². The number of hydrogen-bond acceptors (Lipinski definition) is 6. The van der Waals surface area contributed by atoms with Gasteiger partial charge in [0.25, 0.3) is 0 Å². The highest BCUT2D eigenvalue weighted by atomic mass is 16.6. The van der Waals surface area contributed by atoms with E-state index in [1.165, 1.54) is 0 Å². The van der Waals surface area contributed by atoms with Crippen molar-refractivity contribution in [3.63, 3.8) is 0 Å². The quantitative estimate of drug-likeness (QED) is 0.479. The Labute approximate surface area is 132 Å². The van der Waals surface area contributed by atoms with Crippen molar-refractivity contribution in [3.8, 4) is 0 Å². The summed E-state index contributed by atoms with van der Waals surface area (Å²) in [6.07, 6.45) is 4.01. The van der Waals surface area contributed by atoms with Gasteiger partial charge in [-0.05, 0) is 46.5 Å². The monoisotopic (exact) mass is 316 g/mol. The standard InChI is InChI=1S/C16H28O6/c1-4-19-12-7-9-13(10-8-12)22-11-14(15(17)20-5-2)16(18)21-6-3/h12-14H,4-11H2,1-3H3. The van der Waals surface area contributed by atoms with E-state index >= 15 is 0 Å². The second kappa shape index (κ2) is 10.6. The van der Waals surface area contributed by atoms with E-state index in [0.717, 1.165) is 32.3 Å². The zero-order valence-electron chi connectivity index (χ0n) is 13.8. The van der Waals surface area contributed by atoms with Crippen LogP contribution < -0.4 is 0 Å². The first-order valence-electron chi connectivity index (χ1n) is 8.18. The highest BCUT2D eigenvalue weighted by Gasteiger charge is 2.31. The Morgan fingerprint density at radius 3 is 1.68 bits per heavy atom. The lowest BCUT2D eigenvalue weighted by Crippen LogP contribution is -2.35. The molecule has 1 rings (SSSR count). The summed E-state index contributed by atoms with van der Waals surface area (Å²) in [4.78, 5) is 23.7. The van der Waals surface area contributed by atoms with Gasteiger partial charge in [0.1, 0.15) is 0 Å². The van der Waals surface area contributed by atoms with Gasteiger partial charge in [0.05, 0.1) is 32.0 Å². The van der Waals surface area contributed by atoms with Crippen LogP contribution in [0.1, 0.15) is 46.5 Å². The maximum Gasteiger partial charge on any atom is 0.322 e. The van der Waals surface area contributed by atoms with E-state index in [1.54, 1.807) is 13.8 Å². The van der Waals surface area contributed by atoms with Crippen LogP contribution in [0.15, 0.2) is 0 Å². The molecule has 0 atom stereocenters. The third-order valence-electron chi connectivity index (χ3n) is 3.66. The van der Waals surface area contributed by atoms with E-state index in [0.29, 0.717) is 6.10 Å². The predicted molar refractivity (Wildman–Crippen MR) is 80.4 cm³/mol. The first-order valence-corrected chi connectivity index (χ1v) is 8.18. The minimum atomic E-state index is -0.996. The van der Waals surface area contributed by atoms with Crippen molar-refractivity contribution in [1.29, 1.82) is 0 Å². The summed E-state index contributed by atoms with van der Waals surface area (Å²) in [5, 5.41) is 0. The summed E-state index contributed by atoms with van der Waals surface area (Å²) in [6, 6.07) is 0. The maximum absolute atomic E-state index is 11.8. The van der Waals surface area contributed by atoms with Crippen molar-refractivity contribution < 1.29 is 28.5 Å². The minimum Gasteiger partial charge on any atom is -0.465 e. The van der Waals surface area contributed by atoms with Gasteiger partial charge in [-0.15, -0.1) is 0 Å². The lowest BCUT2D eigenvalue weighted by Gasteiger charge is -2.29. The van der Waals surface area contributed by atoms with Crippen molar-refractivity contribution in [2.24, 2.45) is 5.92 Å². The van der Waals surface area contributed by atoms with Crippen LogP contribution in [0.2, 0.25) is 0 Å². The Kier molecular flexibility index (Phi) is 9.08. The van der Waals surface area contributed by atoms with E-state index in [9.17, 15) is 9.59 Å². The van der Waals surface area contributed by atoms with Gasteiger partial charge in [0, 0.05) is 6.61 Å². The summed E-state index contributed by atoms with van der Waals surface area (Å²) in [5.74, 6) is -2.16. The first kappa shape index (κ1) is 18.9. The first-order chi connectivity index (χ1) is 10.6. The molecule has 0 saturated heterocycles. The molecule has 0 spiro atoms. The minimum absolute atomic E-state index is 0.0155. The summed E-state index contributed by atoms with van der Waals surface area (Å²) in [7, 11) is 0. The number of ether oxygens (including phenoxy) is 4. The van der Waals surface area contributed by atoms with Crippen LogP contribution in [0.5, 0.6) is 0 Å². The predicted octanol–water partition coefficient (Wildman–Crippen LogP) is 2.09. The third-order valence-corrected chi connectivity index (χ3v) is 3.66. The molecule has 0 aliphatic heterocycles. The molecule has 6 heteroatoms. The molecule has 1 aliphatic carbocycles. The molecule has 0 aromatic heterocycles. The van der Waals surface area contributed by atoms with E-state index in [4.69, 9.17) is 18.9 Å². The summed E-state index contributed by atoms with van der Waals surface area (Å²) in [6.45, 7) is 6.60. The van der Waals surface area contributed by atoms with Gasteiger partial charge < -0.3 is 18.9 Å². The molecule has 0 N–H and O–H groups in total. The molecule has 0 radical (unpaired) electrons. The number of carbonyl (C=O) groups is 2. The summed E-state index contributed by atoms with van der Waals surface area (Å²) < 4.78 is 21.2. The number of esters is 2. The van der Waals surface area contributed by atoms with Gasteiger partial charge in [-0.1, -0.05) is 0 Å². The Morgan fingerprint density at radius 2 is 1.27 bits per heavy atom. The SMILES string of the molecule is CCOC(=O)C(COC1CCC(OCC)CC1)C(=O)OCC. The molecule has 0 heterocycles. The Morgan fingerprint density at radius 1 is 0.818 bits per heavy atom. The molecule has 6 nitrogen and oxygen atoms in total. The lowest BCUT2D eigenvalue weighted by molar-refractivity contribution is -0.166. The molecule has 0 amide bonds. The molecule has 1 saturated carbocycles. The van der Waals surface area contributed by atoms with Gasteiger partial charge in [0.2, 0.25) is 0 Å². The van der Waals surface area contributed by atoms with Crippen molar-refractivity contribution in [2.45, 2.75) is 58.7 Å². The van der Waals surface area contributed by atoms with Crippen molar-refractivity contribution in [2.75, 3.05) is 26.4 Å². The van der Waals surface area contributed by atoms with Crippen LogP contribution >= 0.6 is 0 Å². The van der Waals surface area contributed by atoms with Gasteiger partial charge in [0.15, 0.2) is 5.92 Å². The summed E-state index contributed by atoms with van der Waals surface area (Å²) >= 11 is 0. The molecule has 0 unspecified atom stereocenters. The molecule has 0 bridgehead atoms. The van der Waals surface area contributed by atoms with E-state index in [-0.39, 0.29) is 25.9 Å². The molecule has 22 heavy (non-hydrogen) atoms. The Balaban J connectivity index is 2.43. The lowest BCUT2D eigenvalue weighted by atomic mass is 9.95. The van der Waals surface area contributed by atoms with Gasteiger partial charge in [-0.2, -0.15) is 0 Å². The highest BCUT2D eigenvalue weighted by Crippen LogP contribution is 2.24. The van der Waals surface area contributed by atoms with E-state index in [2.05, 4.69) is 0 Å². The second-order valence-electron chi connectivity index (χ2n) is 5.24. The van der Waals surface area contributed by atoms with Crippen molar-refractivity contribution >= 4 is 11.9 Å².